The van der Waals surface area contributed by atoms with Crippen LogP contribution in [-0.2, 0) is 5.41 Å². The van der Waals surface area contributed by atoms with Crippen molar-refractivity contribution in [2.45, 2.75) is 46.0 Å². The minimum Gasteiger partial charge on any atom is -0.477 e. The van der Waals surface area contributed by atoms with Crippen LogP contribution in [0.15, 0.2) is 6.07 Å². The van der Waals surface area contributed by atoms with Crippen LogP contribution < -0.4 is 10.1 Å². The van der Waals surface area contributed by atoms with E-state index in [9.17, 15) is 0 Å². The van der Waals surface area contributed by atoms with Gasteiger partial charge in [0.15, 0.2) is 0 Å². The zero-order chi connectivity index (χ0) is 14.3. The molecule has 4 nitrogen and oxygen atoms in total. The maximum atomic E-state index is 5.57. The van der Waals surface area contributed by atoms with Gasteiger partial charge in [-0.15, -0.1) is 12.3 Å². The number of ether oxygens (including phenoxy) is 1. The van der Waals surface area contributed by atoms with E-state index in [1.165, 1.54) is 0 Å². The van der Waals surface area contributed by atoms with Crippen molar-refractivity contribution in [3.05, 3.63) is 11.9 Å². The van der Waals surface area contributed by atoms with Crippen LogP contribution in [0.5, 0.6) is 5.88 Å². The monoisotopic (exact) mass is 261 g/mol. The number of hydrogen-bond donors (Lipinski definition) is 1. The highest BCUT2D eigenvalue weighted by Crippen LogP contribution is 2.23. The number of terminal acetylenes is 1. The Morgan fingerprint density at radius 2 is 2.11 bits per heavy atom. The molecule has 1 heterocycles. The SMILES string of the molecule is C#CCCOc1cc(NCCC)nc(C(C)(C)C)n1. The molecule has 1 aromatic heterocycles. The van der Waals surface area contributed by atoms with Gasteiger partial charge in [0.05, 0.1) is 0 Å². The molecular formula is C15H23N3O. The second-order valence-corrected chi connectivity index (χ2v) is 5.39. The van der Waals surface area contributed by atoms with Crippen molar-refractivity contribution in [1.29, 1.82) is 0 Å². The third-order valence-corrected chi connectivity index (χ3v) is 2.43. The van der Waals surface area contributed by atoms with Gasteiger partial charge in [-0.3, -0.25) is 0 Å². The third-order valence-electron chi connectivity index (χ3n) is 2.43. The lowest BCUT2D eigenvalue weighted by Gasteiger charge is -2.18. The van der Waals surface area contributed by atoms with Crippen molar-refractivity contribution < 1.29 is 4.74 Å². The summed E-state index contributed by atoms with van der Waals surface area (Å²) in [6, 6.07) is 1.82. The summed E-state index contributed by atoms with van der Waals surface area (Å²) in [5.41, 5.74) is -0.117. The topological polar surface area (TPSA) is 47.0 Å². The second-order valence-electron chi connectivity index (χ2n) is 5.39. The van der Waals surface area contributed by atoms with E-state index in [0.29, 0.717) is 18.9 Å². The lowest BCUT2D eigenvalue weighted by Crippen LogP contribution is -2.18. The van der Waals surface area contributed by atoms with Gasteiger partial charge >= 0.3 is 0 Å². The number of nitrogens with one attached hydrogen (secondary N) is 1. The van der Waals surface area contributed by atoms with Gasteiger partial charge in [-0.2, -0.15) is 4.98 Å². The summed E-state index contributed by atoms with van der Waals surface area (Å²) in [7, 11) is 0. The van der Waals surface area contributed by atoms with E-state index in [1.807, 2.05) is 6.07 Å². The van der Waals surface area contributed by atoms with Gasteiger partial charge in [0.25, 0.3) is 0 Å². The maximum absolute atomic E-state index is 5.57. The molecule has 0 atom stereocenters. The molecule has 1 N–H and O–H groups in total. The molecule has 0 spiro atoms. The van der Waals surface area contributed by atoms with Gasteiger partial charge in [0.2, 0.25) is 5.88 Å². The number of aromatic nitrogens is 2. The Morgan fingerprint density at radius 1 is 1.37 bits per heavy atom. The molecular weight excluding hydrogens is 238 g/mol. The number of anilines is 1. The van der Waals surface area contributed by atoms with Crippen molar-refractivity contribution in [1.82, 2.24) is 9.97 Å². The summed E-state index contributed by atoms with van der Waals surface area (Å²) in [6.45, 7) is 9.71. The van der Waals surface area contributed by atoms with Crippen LogP contribution in [0.2, 0.25) is 0 Å². The molecule has 0 unspecified atom stereocenters. The summed E-state index contributed by atoms with van der Waals surface area (Å²) < 4.78 is 5.57. The molecule has 0 radical (unpaired) electrons. The molecule has 104 valence electrons. The minimum absolute atomic E-state index is 0.117. The van der Waals surface area contributed by atoms with Crippen molar-refractivity contribution >= 4 is 5.82 Å². The number of hydrogen-bond acceptors (Lipinski definition) is 4. The van der Waals surface area contributed by atoms with Crippen molar-refractivity contribution in [2.24, 2.45) is 0 Å². The Morgan fingerprint density at radius 3 is 2.68 bits per heavy atom. The molecule has 0 amide bonds. The van der Waals surface area contributed by atoms with E-state index in [0.717, 1.165) is 24.6 Å². The zero-order valence-corrected chi connectivity index (χ0v) is 12.3. The molecule has 0 aliphatic rings. The first-order valence-corrected chi connectivity index (χ1v) is 6.67. The third kappa shape index (κ3) is 5.17. The molecule has 0 bridgehead atoms. The highest BCUT2D eigenvalue weighted by molar-refractivity contribution is 5.39. The first kappa shape index (κ1) is 15.3. The van der Waals surface area contributed by atoms with E-state index in [-0.39, 0.29) is 5.41 Å². The fourth-order valence-corrected chi connectivity index (χ4v) is 1.39. The van der Waals surface area contributed by atoms with Crippen molar-refractivity contribution in [2.75, 3.05) is 18.5 Å². The first-order valence-electron chi connectivity index (χ1n) is 6.67. The van der Waals surface area contributed by atoms with E-state index in [1.54, 1.807) is 0 Å². The van der Waals surface area contributed by atoms with Gasteiger partial charge < -0.3 is 10.1 Å². The average molecular weight is 261 g/mol. The molecule has 0 fully saturated rings. The van der Waals surface area contributed by atoms with E-state index in [2.05, 4.69) is 48.9 Å². The summed E-state index contributed by atoms with van der Waals surface area (Å²) in [5, 5.41) is 3.27. The van der Waals surface area contributed by atoms with E-state index < -0.39 is 0 Å². The van der Waals surface area contributed by atoms with Gasteiger partial charge in [0.1, 0.15) is 18.2 Å². The summed E-state index contributed by atoms with van der Waals surface area (Å²) in [5.74, 6) is 4.70. The Bertz CT molecular complexity index is 444. The molecule has 0 aliphatic heterocycles. The van der Waals surface area contributed by atoms with Crippen LogP contribution in [0, 0.1) is 12.3 Å². The van der Waals surface area contributed by atoms with Crippen LogP contribution in [-0.4, -0.2) is 23.1 Å². The normalized spacial score (nSPS) is 10.9. The van der Waals surface area contributed by atoms with Crippen LogP contribution in [0.4, 0.5) is 5.82 Å². The predicted octanol–water partition coefficient (Wildman–Crippen LogP) is 3.00. The van der Waals surface area contributed by atoms with Crippen LogP contribution in [0.25, 0.3) is 0 Å². The molecule has 1 aromatic rings. The molecule has 0 saturated carbocycles. The Labute approximate surface area is 116 Å². The summed E-state index contributed by atoms with van der Waals surface area (Å²) >= 11 is 0. The quantitative estimate of drug-likeness (QED) is 0.631. The zero-order valence-electron chi connectivity index (χ0n) is 12.3. The van der Waals surface area contributed by atoms with Gasteiger partial charge in [-0.05, 0) is 6.42 Å². The fraction of sp³-hybridized carbons (Fsp3) is 0.600. The van der Waals surface area contributed by atoms with Crippen molar-refractivity contribution in [3.8, 4) is 18.2 Å². The predicted molar refractivity (Wildman–Crippen MR) is 78.5 cm³/mol. The molecule has 0 aromatic carbocycles. The Hall–Kier alpha value is -1.76. The average Bonchev–Trinajstić information content (AvgIpc) is 2.35. The van der Waals surface area contributed by atoms with Gasteiger partial charge in [-0.1, -0.05) is 27.7 Å². The van der Waals surface area contributed by atoms with Crippen LogP contribution in [0.1, 0.15) is 46.4 Å². The first-order chi connectivity index (χ1) is 8.97. The lowest BCUT2D eigenvalue weighted by atomic mass is 9.96. The van der Waals surface area contributed by atoms with Gasteiger partial charge in [0, 0.05) is 24.4 Å². The number of rotatable bonds is 6. The van der Waals surface area contributed by atoms with Gasteiger partial charge in [-0.25, -0.2) is 4.98 Å². The maximum Gasteiger partial charge on any atom is 0.218 e. The highest BCUT2D eigenvalue weighted by atomic mass is 16.5. The molecule has 4 heteroatoms. The largest absolute Gasteiger partial charge is 0.477 e. The second kappa shape index (κ2) is 6.98. The Kier molecular flexibility index (Phi) is 5.62. The molecule has 0 aliphatic carbocycles. The lowest BCUT2D eigenvalue weighted by molar-refractivity contribution is 0.310. The Balaban J connectivity index is 2.92. The van der Waals surface area contributed by atoms with Crippen molar-refractivity contribution in [3.63, 3.8) is 0 Å². The highest BCUT2D eigenvalue weighted by Gasteiger charge is 2.19. The van der Waals surface area contributed by atoms with Crippen LogP contribution >= 0.6 is 0 Å². The molecule has 0 saturated heterocycles. The summed E-state index contributed by atoms with van der Waals surface area (Å²) in [4.78, 5) is 8.97. The van der Waals surface area contributed by atoms with E-state index in [4.69, 9.17) is 11.2 Å². The minimum atomic E-state index is -0.117. The van der Waals surface area contributed by atoms with Crippen LogP contribution in [0.3, 0.4) is 0 Å². The smallest absolute Gasteiger partial charge is 0.218 e. The summed E-state index contributed by atoms with van der Waals surface area (Å²) in [6.07, 6.45) is 6.83. The standard InChI is InChI=1S/C15H23N3O/c1-6-8-10-19-13-11-12(16-9-7-2)17-14(18-13)15(3,4)5/h1,11H,7-10H2,2-5H3,(H,16,17,18). The number of nitrogens with zero attached hydrogens (tertiary/aromatic N) is 2. The fourth-order valence-electron chi connectivity index (χ4n) is 1.39. The molecule has 19 heavy (non-hydrogen) atoms. The van der Waals surface area contributed by atoms with E-state index >= 15 is 0 Å². The molecule has 1 rings (SSSR count).